The summed E-state index contributed by atoms with van der Waals surface area (Å²) in [6, 6.07) is 14.8. The van der Waals surface area contributed by atoms with Gasteiger partial charge in [0.15, 0.2) is 0 Å². The summed E-state index contributed by atoms with van der Waals surface area (Å²) in [4.78, 5) is 27.7. The third-order valence-electron chi connectivity index (χ3n) is 5.41. The fourth-order valence-electron chi connectivity index (χ4n) is 3.71. The Balaban J connectivity index is 1.78. The quantitative estimate of drug-likeness (QED) is 0.601. The maximum absolute atomic E-state index is 13.2. The van der Waals surface area contributed by atoms with Crippen LogP contribution in [0.15, 0.2) is 53.0 Å². The highest BCUT2D eigenvalue weighted by Crippen LogP contribution is 2.21. The maximum atomic E-state index is 13.2. The van der Waals surface area contributed by atoms with Crippen LogP contribution in [-0.2, 0) is 22.6 Å². The molecule has 154 valence electrons. The maximum Gasteiger partial charge on any atom is 0.242 e. The summed E-state index contributed by atoms with van der Waals surface area (Å²) < 4.78 is 0.941. The molecule has 1 aliphatic carbocycles. The topological polar surface area (TPSA) is 49.4 Å². The summed E-state index contributed by atoms with van der Waals surface area (Å²) in [5.74, 6) is -0.216. The van der Waals surface area contributed by atoms with Gasteiger partial charge >= 0.3 is 0 Å². The molecule has 1 saturated carbocycles. The molecule has 1 unspecified atom stereocenters. The Morgan fingerprint density at radius 2 is 1.90 bits per heavy atom. The van der Waals surface area contributed by atoms with E-state index < -0.39 is 6.04 Å². The van der Waals surface area contributed by atoms with E-state index in [1.807, 2.05) is 42.5 Å². The standard InChI is InChI=1S/C23H26BrClN2O2/c1-16(23(29)26-20-10-3-4-11-20)27(15-17-7-6-9-19(24)13-17)22(28)14-18-8-2-5-12-21(18)25/h2,5-9,12-13,16,20H,3-4,10-11,14-15H2,1H3,(H,26,29). The highest BCUT2D eigenvalue weighted by atomic mass is 79.9. The number of nitrogens with one attached hydrogen (secondary N) is 1. The van der Waals surface area contributed by atoms with Gasteiger partial charge in [-0.2, -0.15) is 0 Å². The van der Waals surface area contributed by atoms with E-state index >= 15 is 0 Å². The molecular formula is C23H26BrClN2O2. The lowest BCUT2D eigenvalue weighted by atomic mass is 10.1. The number of rotatable bonds is 7. The molecule has 3 rings (SSSR count). The first-order chi connectivity index (χ1) is 13.9. The van der Waals surface area contributed by atoms with Gasteiger partial charge in [-0.3, -0.25) is 9.59 Å². The van der Waals surface area contributed by atoms with Gasteiger partial charge in [0.05, 0.1) is 6.42 Å². The first-order valence-electron chi connectivity index (χ1n) is 10.0. The molecule has 0 spiro atoms. The van der Waals surface area contributed by atoms with E-state index in [4.69, 9.17) is 11.6 Å². The molecule has 2 aromatic rings. The molecule has 1 aliphatic rings. The fraction of sp³-hybridized carbons (Fsp3) is 0.391. The van der Waals surface area contributed by atoms with Crippen molar-refractivity contribution in [2.24, 2.45) is 0 Å². The molecule has 0 bridgehead atoms. The molecule has 0 aliphatic heterocycles. The molecule has 1 N–H and O–H groups in total. The molecule has 6 heteroatoms. The number of halogens is 2. The summed E-state index contributed by atoms with van der Waals surface area (Å²) in [6.45, 7) is 2.16. The Morgan fingerprint density at radius 1 is 1.17 bits per heavy atom. The summed E-state index contributed by atoms with van der Waals surface area (Å²) in [6.07, 6.45) is 4.48. The highest BCUT2D eigenvalue weighted by molar-refractivity contribution is 9.10. The monoisotopic (exact) mass is 476 g/mol. The predicted molar refractivity (Wildman–Crippen MR) is 120 cm³/mol. The Hall–Kier alpha value is -1.85. The number of nitrogens with zero attached hydrogens (tertiary/aromatic N) is 1. The summed E-state index contributed by atoms with van der Waals surface area (Å²) in [5.41, 5.74) is 1.73. The largest absolute Gasteiger partial charge is 0.352 e. The van der Waals surface area contributed by atoms with E-state index in [2.05, 4.69) is 21.2 Å². The second kappa shape index (κ2) is 10.3. The van der Waals surface area contributed by atoms with Crippen molar-refractivity contribution in [3.63, 3.8) is 0 Å². The van der Waals surface area contributed by atoms with Crippen molar-refractivity contribution in [2.45, 2.75) is 57.7 Å². The molecule has 4 nitrogen and oxygen atoms in total. The van der Waals surface area contributed by atoms with Crippen LogP contribution in [0.3, 0.4) is 0 Å². The van der Waals surface area contributed by atoms with Gasteiger partial charge in [-0.1, -0.05) is 70.7 Å². The predicted octanol–water partition coefficient (Wildman–Crippen LogP) is 5.12. The van der Waals surface area contributed by atoms with Crippen molar-refractivity contribution in [1.29, 1.82) is 0 Å². The van der Waals surface area contributed by atoms with Crippen LogP contribution >= 0.6 is 27.5 Å². The van der Waals surface area contributed by atoms with Crippen LogP contribution in [0, 0.1) is 0 Å². The lowest BCUT2D eigenvalue weighted by Gasteiger charge is -2.30. The van der Waals surface area contributed by atoms with E-state index in [0.29, 0.717) is 11.6 Å². The van der Waals surface area contributed by atoms with Gasteiger partial charge in [-0.15, -0.1) is 0 Å². The third-order valence-corrected chi connectivity index (χ3v) is 6.27. The molecular weight excluding hydrogens is 452 g/mol. The normalized spacial score (nSPS) is 15.1. The van der Waals surface area contributed by atoms with Crippen molar-refractivity contribution >= 4 is 39.3 Å². The fourth-order valence-corrected chi connectivity index (χ4v) is 4.36. The van der Waals surface area contributed by atoms with Crippen LogP contribution in [-0.4, -0.2) is 28.8 Å². The lowest BCUT2D eigenvalue weighted by Crippen LogP contribution is -2.50. The van der Waals surface area contributed by atoms with Crippen LogP contribution in [0.2, 0.25) is 5.02 Å². The molecule has 1 atom stereocenters. The van der Waals surface area contributed by atoms with Gasteiger partial charge in [0.1, 0.15) is 6.04 Å². The molecule has 29 heavy (non-hydrogen) atoms. The van der Waals surface area contributed by atoms with Gasteiger partial charge in [-0.25, -0.2) is 0 Å². The first kappa shape index (κ1) is 21.8. The summed E-state index contributed by atoms with van der Waals surface area (Å²) >= 11 is 9.73. The summed E-state index contributed by atoms with van der Waals surface area (Å²) in [7, 11) is 0. The highest BCUT2D eigenvalue weighted by Gasteiger charge is 2.28. The molecule has 0 aromatic heterocycles. The number of hydrogen-bond acceptors (Lipinski definition) is 2. The van der Waals surface area contributed by atoms with Crippen molar-refractivity contribution in [3.05, 3.63) is 69.2 Å². The third kappa shape index (κ3) is 6.06. The molecule has 0 radical (unpaired) electrons. The molecule has 1 fully saturated rings. The van der Waals surface area contributed by atoms with E-state index in [1.54, 1.807) is 17.9 Å². The van der Waals surface area contributed by atoms with Crippen molar-refractivity contribution in [3.8, 4) is 0 Å². The van der Waals surface area contributed by atoms with Crippen LogP contribution in [0.4, 0.5) is 0 Å². The van der Waals surface area contributed by atoms with E-state index in [9.17, 15) is 9.59 Å². The van der Waals surface area contributed by atoms with E-state index in [0.717, 1.165) is 41.3 Å². The Labute approximate surface area is 185 Å². The number of carbonyl (C=O) groups excluding carboxylic acids is 2. The van der Waals surface area contributed by atoms with Gasteiger partial charge < -0.3 is 10.2 Å². The SMILES string of the molecule is CC(C(=O)NC1CCCC1)N(Cc1cccc(Br)c1)C(=O)Cc1ccccc1Cl. The molecule has 0 heterocycles. The van der Waals surface area contributed by atoms with Crippen LogP contribution < -0.4 is 5.32 Å². The number of benzene rings is 2. The number of carbonyl (C=O) groups is 2. The Kier molecular flexibility index (Phi) is 7.73. The minimum absolute atomic E-state index is 0.0978. The van der Waals surface area contributed by atoms with Gasteiger partial charge in [0, 0.05) is 22.1 Å². The second-order valence-corrected chi connectivity index (χ2v) is 8.91. The zero-order valence-electron chi connectivity index (χ0n) is 16.5. The Morgan fingerprint density at radius 3 is 2.59 bits per heavy atom. The zero-order chi connectivity index (χ0) is 20.8. The lowest BCUT2D eigenvalue weighted by molar-refractivity contribution is -0.140. The number of hydrogen-bond donors (Lipinski definition) is 1. The minimum atomic E-state index is -0.565. The second-order valence-electron chi connectivity index (χ2n) is 7.59. The van der Waals surface area contributed by atoms with E-state index in [-0.39, 0.29) is 24.3 Å². The average Bonchev–Trinajstić information content (AvgIpc) is 3.20. The van der Waals surface area contributed by atoms with Gasteiger partial charge in [0.2, 0.25) is 11.8 Å². The molecule has 0 saturated heterocycles. The van der Waals surface area contributed by atoms with Crippen molar-refractivity contribution < 1.29 is 9.59 Å². The first-order valence-corrected chi connectivity index (χ1v) is 11.2. The summed E-state index contributed by atoms with van der Waals surface area (Å²) in [5, 5.41) is 3.68. The minimum Gasteiger partial charge on any atom is -0.352 e. The van der Waals surface area contributed by atoms with Crippen LogP contribution in [0.25, 0.3) is 0 Å². The smallest absolute Gasteiger partial charge is 0.242 e. The van der Waals surface area contributed by atoms with E-state index in [1.165, 1.54) is 0 Å². The number of amides is 2. The molecule has 2 amide bonds. The van der Waals surface area contributed by atoms with Gasteiger partial charge in [0.25, 0.3) is 0 Å². The van der Waals surface area contributed by atoms with Crippen LogP contribution in [0.5, 0.6) is 0 Å². The Bertz CT molecular complexity index is 867. The van der Waals surface area contributed by atoms with Crippen molar-refractivity contribution in [2.75, 3.05) is 0 Å². The van der Waals surface area contributed by atoms with Crippen molar-refractivity contribution in [1.82, 2.24) is 10.2 Å². The van der Waals surface area contributed by atoms with Gasteiger partial charge in [-0.05, 0) is 49.1 Å². The zero-order valence-corrected chi connectivity index (χ0v) is 18.9. The molecule has 2 aromatic carbocycles. The van der Waals surface area contributed by atoms with Crippen LogP contribution in [0.1, 0.15) is 43.7 Å². The average molecular weight is 478 g/mol.